The maximum atomic E-state index is 10.7. The van der Waals surface area contributed by atoms with Crippen LogP contribution in [0.15, 0.2) is 23.1 Å². The van der Waals surface area contributed by atoms with Gasteiger partial charge in [0.25, 0.3) is 0 Å². The predicted molar refractivity (Wildman–Crippen MR) is 50.5 cm³/mol. The first-order chi connectivity index (χ1) is 6.22. The molecule has 0 amide bonds. The fourth-order valence-corrected chi connectivity index (χ4v) is 0.909. The molecule has 1 aromatic rings. The molecule has 3 N–H and O–H groups in total. The predicted octanol–water partition coefficient (Wildman–Crippen LogP) is -0.155. The van der Waals surface area contributed by atoms with Crippen LogP contribution in [-0.2, 0) is 6.54 Å². The zero-order valence-corrected chi connectivity index (χ0v) is 7.58. The SMILES string of the molecule is CC(CO)NCc1ccc(=O)[nH]c1. The van der Waals surface area contributed by atoms with Crippen molar-refractivity contribution in [2.75, 3.05) is 6.61 Å². The quantitative estimate of drug-likeness (QED) is 0.606. The van der Waals surface area contributed by atoms with E-state index in [1.54, 1.807) is 12.3 Å². The Hall–Kier alpha value is -1.13. The minimum absolute atomic E-state index is 0.0759. The summed E-state index contributed by atoms with van der Waals surface area (Å²) in [6.45, 7) is 2.66. The zero-order valence-electron chi connectivity index (χ0n) is 7.58. The molecule has 0 aliphatic carbocycles. The van der Waals surface area contributed by atoms with Crippen molar-refractivity contribution in [3.05, 3.63) is 34.2 Å². The fourth-order valence-electron chi connectivity index (χ4n) is 0.909. The van der Waals surface area contributed by atoms with Gasteiger partial charge in [-0.15, -0.1) is 0 Å². The van der Waals surface area contributed by atoms with Crippen LogP contribution in [-0.4, -0.2) is 22.7 Å². The van der Waals surface area contributed by atoms with E-state index in [0.29, 0.717) is 6.54 Å². The van der Waals surface area contributed by atoms with Crippen molar-refractivity contribution in [3.8, 4) is 0 Å². The Morgan fingerprint density at radius 2 is 2.38 bits per heavy atom. The molecule has 1 aromatic heterocycles. The van der Waals surface area contributed by atoms with E-state index in [1.165, 1.54) is 6.07 Å². The molecular weight excluding hydrogens is 168 g/mol. The summed E-state index contributed by atoms with van der Waals surface area (Å²) in [5, 5.41) is 11.8. The molecule has 1 heterocycles. The highest BCUT2D eigenvalue weighted by Crippen LogP contribution is 1.92. The van der Waals surface area contributed by atoms with E-state index >= 15 is 0 Å². The second kappa shape index (κ2) is 4.79. The van der Waals surface area contributed by atoms with Crippen LogP contribution in [0.5, 0.6) is 0 Å². The molecule has 1 atom stereocenters. The van der Waals surface area contributed by atoms with E-state index in [9.17, 15) is 4.79 Å². The Kier molecular flexibility index (Phi) is 3.67. The highest BCUT2D eigenvalue weighted by molar-refractivity contribution is 5.08. The number of H-pyrrole nitrogens is 1. The molecule has 0 aliphatic rings. The van der Waals surface area contributed by atoms with E-state index in [0.717, 1.165) is 5.56 Å². The molecule has 0 saturated heterocycles. The third-order valence-corrected chi connectivity index (χ3v) is 1.78. The molecule has 72 valence electrons. The van der Waals surface area contributed by atoms with Crippen molar-refractivity contribution in [2.45, 2.75) is 19.5 Å². The molecule has 1 rings (SSSR count). The number of nitrogens with one attached hydrogen (secondary N) is 2. The van der Waals surface area contributed by atoms with Crippen LogP contribution in [0.3, 0.4) is 0 Å². The second-order valence-corrected chi connectivity index (χ2v) is 3.03. The van der Waals surface area contributed by atoms with Crippen LogP contribution in [0.1, 0.15) is 12.5 Å². The zero-order chi connectivity index (χ0) is 9.68. The largest absolute Gasteiger partial charge is 0.395 e. The Labute approximate surface area is 76.6 Å². The molecule has 0 spiro atoms. The highest BCUT2D eigenvalue weighted by Gasteiger charge is 1.98. The van der Waals surface area contributed by atoms with Crippen molar-refractivity contribution in [3.63, 3.8) is 0 Å². The van der Waals surface area contributed by atoms with Gasteiger partial charge >= 0.3 is 0 Å². The number of aromatic nitrogens is 1. The lowest BCUT2D eigenvalue weighted by molar-refractivity contribution is 0.251. The van der Waals surface area contributed by atoms with Crippen molar-refractivity contribution >= 4 is 0 Å². The molecule has 4 heteroatoms. The Morgan fingerprint density at radius 3 is 2.92 bits per heavy atom. The van der Waals surface area contributed by atoms with Crippen molar-refractivity contribution in [1.29, 1.82) is 0 Å². The smallest absolute Gasteiger partial charge is 0.247 e. The topological polar surface area (TPSA) is 65.1 Å². The molecule has 0 radical (unpaired) electrons. The van der Waals surface area contributed by atoms with Gasteiger partial charge in [-0.1, -0.05) is 6.07 Å². The average molecular weight is 182 g/mol. The van der Waals surface area contributed by atoms with E-state index in [-0.39, 0.29) is 18.2 Å². The molecule has 0 aliphatic heterocycles. The van der Waals surface area contributed by atoms with E-state index < -0.39 is 0 Å². The number of hydrogen-bond acceptors (Lipinski definition) is 3. The Morgan fingerprint density at radius 1 is 1.62 bits per heavy atom. The van der Waals surface area contributed by atoms with Crippen molar-refractivity contribution in [2.24, 2.45) is 0 Å². The van der Waals surface area contributed by atoms with Gasteiger partial charge in [0.15, 0.2) is 0 Å². The number of aliphatic hydroxyl groups is 1. The summed E-state index contributed by atoms with van der Waals surface area (Å²) in [4.78, 5) is 13.3. The summed E-state index contributed by atoms with van der Waals surface area (Å²) in [5.74, 6) is 0. The molecular formula is C9H14N2O2. The minimum atomic E-state index is -0.0982. The molecule has 0 bridgehead atoms. The third kappa shape index (κ3) is 3.40. The lowest BCUT2D eigenvalue weighted by Crippen LogP contribution is -2.28. The van der Waals surface area contributed by atoms with Crippen LogP contribution in [0, 0.1) is 0 Å². The standard InChI is InChI=1S/C9H14N2O2/c1-7(6-12)10-4-8-2-3-9(13)11-5-8/h2-3,5,7,10,12H,4,6H2,1H3,(H,11,13). The summed E-state index contributed by atoms with van der Waals surface area (Å²) in [6, 6.07) is 3.32. The summed E-state index contributed by atoms with van der Waals surface area (Å²) < 4.78 is 0. The molecule has 1 unspecified atom stereocenters. The van der Waals surface area contributed by atoms with Gasteiger partial charge in [0.05, 0.1) is 6.61 Å². The van der Waals surface area contributed by atoms with Gasteiger partial charge in [-0.3, -0.25) is 4.79 Å². The summed E-state index contributed by atoms with van der Waals surface area (Å²) in [5.41, 5.74) is 0.902. The summed E-state index contributed by atoms with van der Waals surface area (Å²) >= 11 is 0. The lowest BCUT2D eigenvalue weighted by Gasteiger charge is -2.09. The number of rotatable bonds is 4. The normalized spacial score (nSPS) is 12.8. The molecule has 0 fully saturated rings. The van der Waals surface area contributed by atoms with E-state index in [2.05, 4.69) is 10.3 Å². The summed E-state index contributed by atoms with van der Waals surface area (Å²) in [6.07, 6.45) is 1.67. The second-order valence-electron chi connectivity index (χ2n) is 3.03. The summed E-state index contributed by atoms with van der Waals surface area (Å²) in [7, 11) is 0. The van der Waals surface area contributed by atoms with Gasteiger partial charge in [-0.2, -0.15) is 0 Å². The van der Waals surface area contributed by atoms with E-state index in [4.69, 9.17) is 5.11 Å². The lowest BCUT2D eigenvalue weighted by atomic mass is 10.2. The minimum Gasteiger partial charge on any atom is -0.395 e. The number of aromatic amines is 1. The van der Waals surface area contributed by atoms with Gasteiger partial charge in [-0.05, 0) is 12.5 Å². The Balaban J connectivity index is 2.46. The van der Waals surface area contributed by atoms with Gasteiger partial charge in [0, 0.05) is 24.8 Å². The molecule has 13 heavy (non-hydrogen) atoms. The van der Waals surface area contributed by atoms with E-state index in [1.807, 2.05) is 6.92 Å². The number of hydrogen-bond donors (Lipinski definition) is 3. The Bertz CT molecular complexity index is 288. The molecule has 0 aromatic carbocycles. The van der Waals surface area contributed by atoms with Gasteiger partial charge in [-0.25, -0.2) is 0 Å². The van der Waals surface area contributed by atoms with Crippen molar-refractivity contribution < 1.29 is 5.11 Å². The first-order valence-corrected chi connectivity index (χ1v) is 4.24. The average Bonchev–Trinajstić information content (AvgIpc) is 2.16. The molecule has 0 saturated carbocycles. The van der Waals surface area contributed by atoms with Crippen LogP contribution >= 0.6 is 0 Å². The maximum Gasteiger partial charge on any atom is 0.247 e. The van der Waals surface area contributed by atoms with Crippen LogP contribution < -0.4 is 10.9 Å². The highest BCUT2D eigenvalue weighted by atomic mass is 16.3. The van der Waals surface area contributed by atoms with Crippen LogP contribution in [0.2, 0.25) is 0 Å². The number of aliphatic hydroxyl groups excluding tert-OH is 1. The monoisotopic (exact) mass is 182 g/mol. The van der Waals surface area contributed by atoms with Crippen LogP contribution in [0.25, 0.3) is 0 Å². The molecule has 4 nitrogen and oxygen atoms in total. The first-order valence-electron chi connectivity index (χ1n) is 4.24. The van der Waals surface area contributed by atoms with Crippen LogP contribution in [0.4, 0.5) is 0 Å². The first kappa shape index (κ1) is 9.95. The van der Waals surface area contributed by atoms with Gasteiger partial charge < -0.3 is 15.4 Å². The number of pyridine rings is 1. The van der Waals surface area contributed by atoms with Gasteiger partial charge in [0.2, 0.25) is 5.56 Å². The maximum absolute atomic E-state index is 10.7. The van der Waals surface area contributed by atoms with Gasteiger partial charge in [0.1, 0.15) is 0 Å². The van der Waals surface area contributed by atoms with Crippen molar-refractivity contribution in [1.82, 2.24) is 10.3 Å². The fraction of sp³-hybridized carbons (Fsp3) is 0.444. The third-order valence-electron chi connectivity index (χ3n) is 1.78.